The lowest BCUT2D eigenvalue weighted by Gasteiger charge is -2.32. The van der Waals surface area contributed by atoms with Gasteiger partial charge >= 0.3 is 0 Å². The standard InChI is InChI=1S/C18H25N3O2S/c1-14-10-15(2)18(16(3)11-14)24(22,23)21-7-4-17(5-8-21)12-20-9-6-19-13-20/h6,9-11,13,17H,4-5,7-8,12H2,1-3H3. The van der Waals surface area contributed by atoms with Crippen LogP contribution in [0.5, 0.6) is 0 Å². The molecule has 3 rings (SSSR count). The molecule has 0 saturated carbocycles. The van der Waals surface area contributed by atoms with Gasteiger partial charge in [0.25, 0.3) is 0 Å². The third kappa shape index (κ3) is 3.39. The Morgan fingerprint density at radius 1 is 1.12 bits per heavy atom. The molecular weight excluding hydrogens is 322 g/mol. The molecular formula is C18H25N3O2S. The first-order valence-corrected chi connectivity index (χ1v) is 9.85. The van der Waals surface area contributed by atoms with Crippen LogP contribution in [0.1, 0.15) is 29.5 Å². The van der Waals surface area contributed by atoms with Crippen molar-refractivity contribution in [2.45, 2.75) is 45.1 Å². The lowest BCUT2D eigenvalue weighted by Crippen LogP contribution is -2.39. The average molecular weight is 347 g/mol. The number of rotatable bonds is 4. The minimum atomic E-state index is -3.41. The summed E-state index contributed by atoms with van der Waals surface area (Å²) in [4.78, 5) is 4.55. The van der Waals surface area contributed by atoms with Gasteiger partial charge in [-0.05, 0) is 50.7 Å². The molecule has 130 valence electrons. The Labute approximate surface area is 144 Å². The second-order valence-electron chi connectivity index (χ2n) is 6.83. The summed E-state index contributed by atoms with van der Waals surface area (Å²) in [6.45, 7) is 7.87. The number of hydrogen-bond acceptors (Lipinski definition) is 3. The Morgan fingerprint density at radius 2 is 1.75 bits per heavy atom. The first kappa shape index (κ1) is 17.2. The van der Waals surface area contributed by atoms with Crippen molar-refractivity contribution in [2.24, 2.45) is 5.92 Å². The van der Waals surface area contributed by atoms with Crippen LogP contribution in [0.25, 0.3) is 0 Å². The maximum Gasteiger partial charge on any atom is 0.243 e. The summed E-state index contributed by atoms with van der Waals surface area (Å²) in [5.41, 5.74) is 2.78. The molecule has 1 aromatic heterocycles. The molecule has 2 aromatic rings. The van der Waals surface area contributed by atoms with E-state index in [4.69, 9.17) is 0 Å². The molecule has 24 heavy (non-hydrogen) atoms. The van der Waals surface area contributed by atoms with Crippen molar-refractivity contribution in [1.82, 2.24) is 13.9 Å². The van der Waals surface area contributed by atoms with E-state index >= 15 is 0 Å². The minimum absolute atomic E-state index is 0.487. The topological polar surface area (TPSA) is 55.2 Å². The van der Waals surface area contributed by atoms with Gasteiger partial charge in [0.15, 0.2) is 0 Å². The largest absolute Gasteiger partial charge is 0.337 e. The molecule has 2 heterocycles. The summed E-state index contributed by atoms with van der Waals surface area (Å²) in [6, 6.07) is 3.90. The summed E-state index contributed by atoms with van der Waals surface area (Å²) in [5, 5.41) is 0. The van der Waals surface area contributed by atoms with Gasteiger partial charge in [0.1, 0.15) is 0 Å². The van der Waals surface area contributed by atoms with Crippen LogP contribution in [0, 0.1) is 26.7 Å². The first-order chi connectivity index (χ1) is 11.4. The maximum absolute atomic E-state index is 13.1. The average Bonchev–Trinajstić information content (AvgIpc) is 2.99. The van der Waals surface area contributed by atoms with Crippen LogP contribution in [0.2, 0.25) is 0 Å². The maximum atomic E-state index is 13.1. The molecule has 0 unspecified atom stereocenters. The highest BCUT2D eigenvalue weighted by molar-refractivity contribution is 7.89. The SMILES string of the molecule is Cc1cc(C)c(S(=O)(=O)N2CCC(Cn3ccnc3)CC2)c(C)c1. The van der Waals surface area contributed by atoms with Crippen molar-refractivity contribution in [1.29, 1.82) is 0 Å². The van der Waals surface area contributed by atoms with Crippen molar-refractivity contribution in [3.8, 4) is 0 Å². The number of hydrogen-bond donors (Lipinski definition) is 0. The van der Waals surface area contributed by atoms with Gasteiger partial charge in [0.05, 0.1) is 11.2 Å². The molecule has 0 spiro atoms. The molecule has 0 N–H and O–H groups in total. The number of piperidine rings is 1. The number of sulfonamides is 1. The molecule has 1 saturated heterocycles. The molecule has 6 heteroatoms. The molecule has 0 bridgehead atoms. The third-order valence-electron chi connectivity index (χ3n) is 4.80. The van der Waals surface area contributed by atoms with Gasteiger partial charge in [-0.15, -0.1) is 0 Å². The van der Waals surface area contributed by atoms with E-state index in [-0.39, 0.29) is 0 Å². The molecule has 1 aromatic carbocycles. The fraction of sp³-hybridized carbons (Fsp3) is 0.500. The lowest BCUT2D eigenvalue weighted by atomic mass is 9.98. The van der Waals surface area contributed by atoms with E-state index in [9.17, 15) is 8.42 Å². The molecule has 5 nitrogen and oxygen atoms in total. The monoisotopic (exact) mass is 347 g/mol. The fourth-order valence-electron chi connectivity index (χ4n) is 3.73. The van der Waals surface area contributed by atoms with Crippen molar-refractivity contribution >= 4 is 10.0 Å². The minimum Gasteiger partial charge on any atom is -0.337 e. The molecule has 0 radical (unpaired) electrons. The van der Waals surface area contributed by atoms with Crippen molar-refractivity contribution < 1.29 is 8.42 Å². The van der Waals surface area contributed by atoms with E-state index in [0.717, 1.165) is 36.1 Å². The van der Waals surface area contributed by atoms with Gasteiger partial charge in [-0.1, -0.05) is 17.7 Å². The predicted octanol–water partition coefficient (Wildman–Crippen LogP) is 2.91. The van der Waals surface area contributed by atoms with Gasteiger partial charge in [0.2, 0.25) is 10.0 Å². The van der Waals surface area contributed by atoms with E-state index in [0.29, 0.717) is 23.9 Å². The van der Waals surface area contributed by atoms with Crippen LogP contribution in [-0.2, 0) is 16.6 Å². The molecule has 0 atom stereocenters. The van der Waals surface area contributed by atoms with E-state index in [1.165, 1.54) is 0 Å². The Balaban J connectivity index is 1.73. The van der Waals surface area contributed by atoms with Crippen LogP contribution in [0.4, 0.5) is 0 Å². The van der Waals surface area contributed by atoms with E-state index in [1.54, 1.807) is 10.5 Å². The van der Waals surface area contributed by atoms with Gasteiger partial charge in [-0.2, -0.15) is 4.31 Å². The summed E-state index contributed by atoms with van der Waals surface area (Å²) in [5.74, 6) is 0.505. The number of imidazole rings is 1. The number of aryl methyl sites for hydroxylation is 3. The second-order valence-corrected chi connectivity index (χ2v) is 8.71. The zero-order valence-corrected chi connectivity index (χ0v) is 15.4. The highest BCUT2D eigenvalue weighted by Crippen LogP contribution is 2.29. The van der Waals surface area contributed by atoms with Crippen LogP contribution < -0.4 is 0 Å². The summed E-state index contributed by atoms with van der Waals surface area (Å²) < 4.78 is 29.9. The summed E-state index contributed by atoms with van der Waals surface area (Å²) in [7, 11) is -3.41. The second kappa shape index (κ2) is 6.69. The van der Waals surface area contributed by atoms with Crippen LogP contribution in [0.3, 0.4) is 0 Å². The fourth-order valence-corrected chi connectivity index (χ4v) is 5.61. The van der Waals surface area contributed by atoms with Gasteiger partial charge in [0, 0.05) is 32.0 Å². The van der Waals surface area contributed by atoms with E-state index < -0.39 is 10.0 Å². The van der Waals surface area contributed by atoms with Crippen LogP contribution >= 0.6 is 0 Å². The quantitative estimate of drug-likeness (QED) is 0.854. The highest BCUT2D eigenvalue weighted by Gasteiger charge is 2.31. The van der Waals surface area contributed by atoms with Crippen LogP contribution in [-0.4, -0.2) is 35.4 Å². The molecule has 1 aliphatic rings. The third-order valence-corrected chi connectivity index (χ3v) is 7.01. The zero-order valence-electron chi connectivity index (χ0n) is 14.6. The zero-order chi connectivity index (χ0) is 17.3. The van der Waals surface area contributed by atoms with Crippen molar-refractivity contribution in [2.75, 3.05) is 13.1 Å². The Kier molecular flexibility index (Phi) is 4.78. The van der Waals surface area contributed by atoms with Crippen LogP contribution in [0.15, 0.2) is 35.7 Å². The molecule has 0 aliphatic carbocycles. The number of nitrogens with zero attached hydrogens (tertiary/aromatic N) is 3. The van der Waals surface area contributed by atoms with Gasteiger partial charge in [-0.25, -0.2) is 13.4 Å². The first-order valence-electron chi connectivity index (χ1n) is 8.41. The van der Waals surface area contributed by atoms with Crippen molar-refractivity contribution in [3.63, 3.8) is 0 Å². The Morgan fingerprint density at radius 3 is 2.29 bits per heavy atom. The molecule has 1 fully saturated rings. The smallest absolute Gasteiger partial charge is 0.243 e. The van der Waals surface area contributed by atoms with E-state index in [1.807, 2.05) is 45.4 Å². The van der Waals surface area contributed by atoms with E-state index in [2.05, 4.69) is 9.55 Å². The molecule has 1 aliphatic heterocycles. The van der Waals surface area contributed by atoms with Crippen molar-refractivity contribution in [3.05, 3.63) is 47.5 Å². The number of benzene rings is 1. The summed E-state index contributed by atoms with van der Waals surface area (Å²) >= 11 is 0. The molecule has 0 amide bonds. The highest BCUT2D eigenvalue weighted by atomic mass is 32.2. The lowest BCUT2D eigenvalue weighted by molar-refractivity contribution is 0.253. The Bertz CT molecular complexity index is 782. The predicted molar refractivity (Wildman–Crippen MR) is 94.4 cm³/mol. The van der Waals surface area contributed by atoms with Gasteiger partial charge in [-0.3, -0.25) is 0 Å². The number of aromatic nitrogens is 2. The Hall–Kier alpha value is -1.66. The normalized spacial score (nSPS) is 17.3. The summed E-state index contributed by atoms with van der Waals surface area (Å²) in [6.07, 6.45) is 7.34. The van der Waals surface area contributed by atoms with Gasteiger partial charge < -0.3 is 4.57 Å².